The van der Waals surface area contributed by atoms with Crippen LogP contribution >= 0.6 is 11.6 Å². The van der Waals surface area contributed by atoms with E-state index >= 15 is 0 Å². The van der Waals surface area contributed by atoms with E-state index in [0.717, 1.165) is 41.1 Å². The summed E-state index contributed by atoms with van der Waals surface area (Å²) in [7, 11) is -4.10. The normalized spacial score (nSPS) is 14.5. The molecule has 40 heavy (non-hydrogen) atoms. The largest absolute Gasteiger partial charge is 0.352 e. The number of sulfonamides is 1. The van der Waals surface area contributed by atoms with Gasteiger partial charge in [-0.3, -0.25) is 13.9 Å². The van der Waals surface area contributed by atoms with Crippen molar-refractivity contribution in [3.8, 4) is 0 Å². The summed E-state index contributed by atoms with van der Waals surface area (Å²) in [5.74, 6) is -0.776. The molecule has 212 valence electrons. The fraction of sp³-hybridized carbons (Fsp3) is 0.355. The van der Waals surface area contributed by atoms with Crippen LogP contribution in [0, 0.1) is 13.8 Å². The zero-order valence-corrected chi connectivity index (χ0v) is 24.7. The van der Waals surface area contributed by atoms with Gasteiger partial charge in [-0.1, -0.05) is 72.5 Å². The van der Waals surface area contributed by atoms with Gasteiger partial charge < -0.3 is 10.2 Å². The summed E-state index contributed by atoms with van der Waals surface area (Å²) in [6.07, 6.45) is 3.94. The number of rotatable bonds is 10. The Balaban J connectivity index is 1.69. The van der Waals surface area contributed by atoms with E-state index in [1.165, 1.54) is 17.0 Å². The highest BCUT2D eigenvalue weighted by Crippen LogP contribution is 2.26. The van der Waals surface area contributed by atoms with Gasteiger partial charge in [0.05, 0.1) is 10.6 Å². The molecule has 1 saturated carbocycles. The van der Waals surface area contributed by atoms with Crippen molar-refractivity contribution in [2.45, 2.75) is 70.0 Å². The minimum Gasteiger partial charge on any atom is -0.352 e. The lowest BCUT2D eigenvalue weighted by molar-refractivity contribution is -0.139. The Morgan fingerprint density at radius 1 is 0.950 bits per heavy atom. The molecular weight excluding hydrogens is 546 g/mol. The molecule has 2 amide bonds. The fourth-order valence-electron chi connectivity index (χ4n) is 4.93. The number of hydrogen-bond acceptors (Lipinski definition) is 4. The zero-order chi connectivity index (χ0) is 28.9. The number of hydrogen-bond donors (Lipinski definition) is 1. The Labute approximate surface area is 242 Å². The van der Waals surface area contributed by atoms with Crippen LogP contribution < -0.4 is 9.62 Å². The third kappa shape index (κ3) is 7.04. The number of carbonyl (C=O) groups is 2. The second-order valence-electron chi connectivity index (χ2n) is 10.4. The molecular formula is C31H36ClN3O4S. The summed E-state index contributed by atoms with van der Waals surface area (Å²) in [4.78, 5) is 28.8. The molecule has 0 bridgehead atoms. The number of carbonyl (C=O) groups excluding carboxylic acids is 2. The quantitative estimate of drug-likeness (QED) is 0.336. The number of nitrogens with one attached hydrogen (secondary N) is 1. The molecule has 1 aliphatic rings. The fourth-order valence-corrected chi connectivity index (χ4v) is 6.54. The molecule has 0 spiro atoms. The van der Waals surface area contributed by atoms with Gasteiger partial charge >= 0.3 is 0 Å². The van der Waals surface area contributed by atoms with Crippen molar-refractivity contribution in [3.63, 3.8) is 0 Å². The first-order valence-electron chi connectivity index (χ1n) is 13.6. The van der Waals surface area contributed by atoms with E-state index in [1.54, 1.807) is 55.5 Å². The molecule has 0 saturated heterocycles. The van der Waals surface area contributed by atoms with Crippen LogP contribution in [0.15, 0.2) is 77.7 Å². The predicted octanol–water partition coefficient (Wildman–Crippen LogP) is 5.63. The van der Waals surface area contributed by atoms with Crippen molar-refractivity contribution in [2.75, 3.05) is 10.8 Å². The molecule has 0 unspecified atom stereocenters. The van der Waals surface area contributed by atoms with Crippen LogP contribution in [0.2, 0.25) is 5.02 Å². The van der Waals surface area contributed by atoms with Crippen molar-refractivity contribution in [3.05, 3.63) is 94.5 Å². The average molecular weight is 582 g/mol. The van der Waals surface area contributed by atoms with E-state index in [-0.39, 0.29) is 23.4 Å². The first-order chi connectivity index (χ1) is 19.1. The van der Waals surface area contributed by atoms with Gasteiger partial charge in [0.15, 0.2) is 0 Å². The molecule has 4 rings (SSSR count). The highest BCUT2D eigenvalue weighted by Gasteiger charge is 2.33. The average Bonchev–Trinajstić information content (AvgIpc) is 3.44. The highest BCUT2D eigenvalue weighted by molar-refractivity contribution is 7.92. The number of anilines is 1. The lowest BCUT2D eigenvalue weighted by Gasteiger charge is -2.32. The van der Waals surface area contributed by atoms with Crippen LogP contribution in [0.5, 0.6) is 0 Å². The molecule has 9 heteroatoms. The molecule has 3 aromatic rings. The summed E-state index contributed by atoms with van der Waals surface area (Å²) >= 11 is 6.43. The van der Waals surface area contributed by atoms with Gasteiger partial charge in [0.25, 0.3) is 10.0 Å². The first kappa shape index (κ1) is 29.6. The van der Waals surface area contributed by atoms with Crippen LogP contribution in [-0.4, -0.2) is 43.8 Å². The molecule has 1 aliphatic carbocycles. The summed E-state index contributed by atoms with van der Waals surface area (Å²) < 4.78 is 28.9. The lowest BCUT2D eigenvalue weighted by Crippen LogP contribution is -2.52. The van der Waals surface area contributed by atoms with Gasteiger partial charge in [0, 0.05) is 17.6 Å². The molecule has 0 heterocycles. The van der Waals surface area contributed by atoms with Crippen LogP contribution in [0.25, 0.3) is 0 Å². The van der Waals surface area contributed by atoms with Crippen molar-refractivity contribution < 1.29 is 18.0 Å². The number of amides is 2. The van der Waals surface area contributed by atoms with Crippen LogP contribution in [-0.2, 0) is 26.2 Å². The van der Waals surface area contributed by atoms with E-state index in [0.29, 0.717) is 16.3 Å². The molecule has 0 radical (unpaired) electrons. The monoisotopic (exact) mass is 581 g/mol. The van der Waals surface area contributed by atoms with E-state index < -0.39 is 28.5 Å². The second-order valence-corrected chi connectivity index (χ2v) is 12.7. The molecule has 1 fully saturated rings. The first-order valence-corrected chi connectivity index (χ1v) is 15.4. The maximum absolute atomic E-state index is 14.0. The minimum absolute atomic E-state index is 0.0595. The van der Waals surface area contributed by atoms with Crippen LogP contribution in [0.3, 0.4) is 0 Å². The summed E-state index contributed by atoms with van der Waals surface area (Å²) in [5, 5.41) is 3.53. The van der Waals surface area contributed by atoms with Gasteiger partial charge in [0.2, 0.25) is 11.8 Å². The smallest absolute Gasteiger partial charge is 0.264 e. The molecule has 7 nitrogen and oxygen atoms in total. The molecule has 3 aromatic carbocycles. The van der Waals surface area contributed by atoms with Crippen LogP contribution in [0.1, 0.15) is 49.3 Å². The number of halogens is 1. The van der Waals surface area contributed by atoms with Gasteiger partial charge in [0.1, 0.15) is 12.6 Å². The Bertz CT molecular complexity index is 1450. The SMILES string of the molecule is Cc1ccc(S(=O)(=O)N(CC(=O)N(Cc2ccccc2Cl)[C@H](C)C(=O)NC2CCCC2)c2cccc(C)c2)cc1. The van der Waals surface area contributed by atoms with Gasteiger partial charge in [-0.2, -0.15) is 0 Å². The minimum atomic E-state index is -4.10. The maximum Gasteiger partial charge on any atom is 0.264 e. The third-order valence-electron chi connectivity index (χ3n) is 7.34. The topological polar surface area (TPSA) is 86.8 Å². The predicted molar refractivity (Wildman–Crippen MR) is 159 cm³/mol. The number of benzene rings is 3. The molecule has 1 N–H and O–H groups in total. The standard InChI is InChI=1S/C31H36ClN3O4S/c1-22-15-17-28(18-16-22)40(38,39)35(27-13-8-9-23(2)19-27)21-30(36)34(20-25-10-4-7-14-29(25)32)24(3)31(37)33-26-11-5-6-12-26/h4,7-10,13-19,24,26H,5-6,11-12,20-21H2,1-3H3,(H,33,37)/t24-/m1/s1. The highest BCUT2D eigenvalue weighted by atomic mass is 35.5. The molecule has 1 atom stereocenters. The molecule has 0 aliphatic heterocycles. The number of nitrogens with zero attached hydrogens (tertiary/aromatic N) is 2. The van der Waals surface area contributed by atoms with Crippen molar-refractivity contribution in [1.82, 2.24) is 10.2 Å². The summed E-state index contributed by atoms with van der Waals surface area (Å²) in [6.45, 7) is 4.99. The van der Waals surface area contributed by atoms with E-state index in [4.69, 9.17) is 11.6 Å². The summed E-state index contributed by atoms with van der Waals surface area (Å²) in [5.41, 5.74) is 2.81. The van der Waals surface area contributed by atoms with Gasteiger partial charge in [-0.05, 0) is 75.1 Å². The van der Waals surface area contributed by atoms with Crippen molar-refractivity contribution >= 4 is 39.1 Å². The molecule has 0 aromatic heterocycles. The summed E-state index contributed by atoms with van der Waals surface area (Å²) in [6, 6.07) is 19.9. The van der Waals surface area contributed by atoms with Crippen LogP contribution in [0.4, 0.5) is 5.69 Å². The number of aryl methyl sites for hydroxylation is 2. The van der Waals surface area contributed by atoms with E-state index in [1.807, 2.05) is 26.0 Å². The Morgan fingerprint density at radius 2 is 1.62 bits per heavy atom. The van der Waals surface area contributed by atoms with E-state index in [9.17, 15) is 18.0 Å². The lowest BCUT2D eigenvalue weighted by atomic mass is 10.1. The third-order valence-corrected chi connectivity index (χ3v) is 9.50. The van der Waals surface area contributed by atoms with Crippen molar-refractivity contribution in [1.29, 1.82) is 0 Å². The van der Waals surface area contributed by atoms with Crippen molar-refractivity contribution in [2.24, 2.45) is 0 Å². The van der Waals surface area contributed by atoms with E-state index in [2.05, 4.69) is 5.32 Å². The zero-order valence-electron chi connectivity index (χ0n) is 23.1. The Kier molecular flexibility index (Phi) is 9.53. The Morgan fingerprint density at radius 3 is 2.27 bits per heavy atom. The van der Waals surface area contributed by atoms with Gasteiger partial charge in [-0.15, -0.1) is 0 Å². The Hall–Kier alpha value is -3.36. The van der Waals surface area contributed by atoms with Gasteiger partial charge in [-0.25, -0.2) is 8.42 Å². The second kappa shape index (κ2) is 12.9. The maximum atomic E-state index is 14.0.